The maximum Gasteiger partial charge on any atom is 0.119 e. The number of hydrogen-bond donors (Lipinski definition) is 0. The number of ether oxygens (including phenoxy) is 2. The van der Waals surface area contributed by atoms with Crippen molar-refractivity contribution in [2.24, 2.45) is 0 Å². The van der Waals surface area contributed by atoms with Gasteiger partial charge in [0.1, 0.15) is 11.5 Å². The average Bonchev–Trinajstić information content (AvgIpc) is 3.22. The molecular formula is C48H69NO2. The van der Waals surface area contributed by atoms with Gasteiger partial charge in [0.2, 0.25) is 0 Å². The number of nitrogens with zero attached hydrogens (tertiary/aromatic N) is 1. The van der Waals surface area contributed by atoms with E-state index < -0.39 is 0 Å². The van der Waals surface area contributed by atoms with Crippen LogP contribution in [0.4, 0.5) is 17.1 Å². The lowest BCUT2D eigenvalue weighted by molar-refractivity contribution is 0.340. The van der Waals surface area contributed by atoms with Crippen LogP contribution in [0.3, 0.4) is 0 Å². The summed E-state index contributed by atoms with van der Waals surface area (Å²) in [7, 11) is 0. The number of para-hydroxylation sites is 1. The zero-order valence-corrected chi connectivity index (χ0v) is 34.0. The highest BCUT2D eigenvalue weighted by atomic mass is 16.5. The first kappa shape index (κ1) is 46.5. The van der Waals surface area contributed by atoms with E-state index >= 15 is 0 Å². The number of anilines is 3. The summed E-state index contributed by atoms with van der Waals surface area (Å²) >= 11 is 0. The molecule has 0 N–H and O–H groups in total. The molecule has 0 saturated carbocycles. The fourth-order valence-corrected chi connectivity index (χ4v) is 4.78. The molecular weight excluding hydrogens is 623 g/mol. The van der Waals surface area contributed by atoms with Crippen molar-refractivity contribution in [3.63, 3.8) is 0 Å². The SMILES string of the molecule is CC.CC.CC.CCC(C)c1ccccc1.CCC(C)c1ccccc1.CCOc1ccc(N(c2ccccc2)c2ccc(OCC)cc2)cc1. The first-order valence-electron chi connectivity index (χ1n) is 19.4. The fourth-order valence-electron chi connectivity index (χ4n) is 4.78. The van der Waals surface area contributed by atoms with Crippen molar-refractivity contribution in [3.05, 3.63) is 151 Å². The topological polar surface area (TPSA) is 21.7 Å². The summed E-state index contributed by atoms with van der Waals surface area (Å²) in [5.41, 5.74) is 6.17. The van der Waals surface area contributed by atoms with Crippen LogP contribution in [0.2, 0.25) is 0 Å². The van der Waals surface area contributed by atoms with Crippen LogP contribution in [0, 0.1) is 0 Å². The van der Waals surface area contributed by atoms with Gasteiger partial charge >= 0.3 is 0 Å². The van der Waals surface area contributed by atoms with Crippen molar-refractivity contribution in [2.45, 2.75) is 108 Å². The van der Waals surface area contributed by atoms with Gasteiger partial charge in [0.05, 0.1) is 13.2 Å². The van der Waals surface area contributed by atoms with Crippen molar-refractivity contribution in [1.82, 2.24) is 0 Å². The lowest BCUT2D eigenvalue weighted by atomic mass is 9.99. The minimum Gasteiger partial charge on any atom is -0.494 e. The molecule has 0 radical (unpaired) electrons. The van der Waals surface area contributed by atoms with Crippen molar-refractivity contribution >= 4 is 17.1 Å². The van der Waals surface area contributed by atoms with Crippen LogP contribution >= 0.6 is 0 Å². The molecule has 0 aliphatic heterocycles. The zero-order chi connectivity index (χ0) is 38.3. The molecule has 0 fully saturated rings. The number of hydrogen-bond acceptors (Lipinski definition) is 3. The molecule has 0 saturated heterocycles. The maximum absolute atomic E-state index is 5.56. The highest BCUT2D eigenvalue weighted by molar-refractivity contribution is 5.76. The van der Waals surface area contributed by atoms with E-state index in [9.17, 15) is 0 Å². The van der Waals surface area contributed by atoms with Crippen molar-refractivity contribution in [1.29, 1.82) is 0 Å². The summed E-state index contributed by atoms with van der Waals surface area (Å²) in [4.78, 5) is 2.21. The second kappa shape index (κ2) is 30.3. The van der Waals surface area contributed by atoms with Gasteiger partial charge in [0.15, 0.2) is 0 Å². The van der Waals surface area contributed by atoms with E-state index in [-0.39, 0.29) is 0 Å². The molecule has 3 nitrogen and oxygen atoms in total. The Hall–Kier alpha value is -4.50. The average molecular weight is 692 g/mol. The van der Waals surface area contributed by atoms with Gasteiger partial charge in [0, 0.05) is 17.1 Å². The first-order chi connectivity index (χ1) is 25.0. The molecule has 0 bridgehead atoms. The van der Waals surface area contributed by atoms with E-state index in [0.29, 0.717) is 25.0 Å². The third-order valence-corrected chi connectivity index (χ3v) is 7.79. The molecule has 3 heteroatoms. The minimum absolute atomic E-state index is 0.667. The Balaban J connectivity index is 0.000000794. The summed E-state index contributed by atoms with van der Waals surface area (Å²) < 4.78 is 11.1. The fraction of sp³-hybridized carbons (Fsp3) is 0.375. The Morgan fingerprint density at radius 2 is 0.667 bits per heavy atom. The van der Waals surface area contributed by atoms with Gasteiger partial charge < -0.3 is 14.4 Å². The van der Waals surface area contributed by atoms with Gasteiger partial charge in [-0.2, -0.15) is 0 Å². The second-order valence-electron chi connectivity index (χ2n) is 11.0. The van der Waals surface area contributed by atoms with E-state index in [1.807, 2.05) is 97.9 Å². The normalized spacial score (nSPS) is 10.5. The van der Waals surface area contributed by atoms with Gasteiger partial charge in [0.25, 0.3) is 0 Å². The summed E-state index contributed by atoms with van der Waals surface area (Å²) in [6, 6.07) is 47.9. The first-order valence-corrected chi connectivity index (χ1v) is 19.4. The van der Waals surface area contributed by atoms with Crippen LogP contribution in [-0.2, 0) is 0 Å². The highest BCUT2D eigenvalue weighted by Gasteiger charge is 2.12. The third kappa shape index (κ3) is 17.8. The predicted molar refractivity (Wildman–Crippen MR) is 228 cm³/mol. The van der Waals surface area contributed by atoms with Gasteiger partial charge in [-0.3, -0.25) is 0 Å². The Morgan fingerprint density at radius 1 is 0.392 bits per heavy atom. The molecule has 0 aliphatic carbocycles. The maximum atomic E-state index is 5.56. The summed E-state index contributed by atoms with van der Waals surface area (Å²) in [5, 5.41) is 0. The van der Waals surface area contributed by atoms with Crippen LogP contribution in [0.15, 0.2) is 140 Å². The Labute approximate surface area is 313 Å². The number of rotatable bonds is 11. The lowest BCUT2D eigenvalue weighted by Crippen LogP contribution is -2.09. The molecule has 0 spiro atoms. The quantitative estimate of drug-likeness (QED) is 0.138. The van der Waals surface area contributed by atoms with Gasteiger partial charge in [-0.25, -0.2) is 0 Å². The molecule has 2 atom stereocenters. The smallest absolute Gasteiger partial charge is 0.119 e. The number of benzene rings is 5. The molecule has 5 aromatic rings. The van der Waals surface area contributed by atoms with Crippen LogP contribution < -0.4 is 14.4 Å². The molecule has 51 heavy (non-hydrogen) atoms. The minimum atomic E-state index is 0.667. The molecule has 5 aromatic carbocycles. The van der Waals surface area contributed by atoms with Crippen molar-refractivity contribution < 1.29 is 9.47 Å². The molecule has 0 aliphatic rings. The molecule has 0 aromatic heterocycles. The highest BCUT2D eigenvalue weighted by Crippen LogP contribution is 2.35. The van der Waals surface area contributed by atoms with Crippen molar-refractivity contribution in [2.75, 3.05) is 18.1 Å². The van der Waals surface area contributed by atoms with E-state index in [0.717, 1.165) is 28.6 Å². The molecule has 0 amide bonds. The van der Waals surface area contributed by atoms with Crippen LogP contribution in [-0.4, -0.2) is 13.2 Å². The molecule has 2 unspecified atom stereocenters. The van der Waals surface area contributed by atoms with Crippen molar-refractivity contribution in [3.8, 4) is 11.5 Å². The molecule has 5 rings (SSSR count). The van der Waals surface area contributed by atoms with E-state index in [4.69, 9.17) is 9.47 Å². The Kier molecular flexibility index (Phi) is 27.7. The van der Waals surface area contributed by atoms with Gasteiger partial charge in [-0.1, -0.05) is 148 Å². The predicted octanol–water partition coefficient (Wildman–Crippen LogP) is 15.4. The standard InChI is InChI=1S/C22H23NO2.2C10H14.3C2H6/c1-3-24-21-14-10-19(11-15-21)23(18-8-6-5-7-9-18)20-12-16-22(17-13-20)25-4-2;2*1-3-9(2)10-7-5-4-6-8-10;3*1-2/h5-17H,3-4H2,1-2H3;2*4-9H,3H2,1-2H3;3*1-2H3. The summed E-state index contributed by atoms with van der Waals surface area (Å²) in [6.45, 7) is 26.3. The van der Waals surface area contributed by atoms with Crippen LogP contribution in [0.25, 0.3) is 0 Å². The Morgan fingerprint density at radius 3 is 0.941 bits per heavy atom. The zero-order valence-electron chi connectivity index (χ0n) is 34.0. The van der Waals surface area contributed by atoms with Gasteiger partial charge in [-0.05, 0) is 110 Å². The van der Waals surface area contributed by atoms with E-state index in [1.54, 1.807) is 0 Å². The van der Waals surface area contributed by atoms with Crippen LogP contribution in [0.1, 0.15) is 119 Å². The summed E-state index contributed by atoms with van der Waals surface area (Å²) in [5.74, 6) is 3.18. The third-order valence-electron chi connectivity index (χ3n) is 7.79. The molecule has 0 heterocycles. The van der Waals surface area contributed by atoms with E-state index in [1.165, 1.54) is 24.0 Å². The summed E-state index contributed by atoms with van der Waals surface area (Å²) in [6.07, 6.45) is 2.45. The lowest BCUT2D eigenvalue weighted by Gasteiger charge is -2.25. The van der Waals surface area contributed by atoms with Crippen LogP contribution in [0.5, 0.6) is 11.5 Å². The molecule has 278 valence electrons. The largest absolute Gasteiger partial charge is 0.494 e. The monoisotopic (exact) mass is 692 g/mol. The second-order valence-corrected chi connectivity index (χ2v) is 11.0. The van der Waals surface area contributed by atoms with Gasteiger partial charge in [-0.15, -0.1) is 0 Å². The Bertz CT molecular complexity index is 1340. The van der Waals surface area contributed by atoms with E-state index in [2.05, 4.69) is 130 Å².